The first kappa shape index (κ1) is 74.1. The number of hydrogen-bond acceptors (Lipinski definition) is 20. The van der Waals surface area contributed by atoms with E-state index in [2.05, 4.69) is 60.1 Å². The summed E-state index contributed by atoms with van der Waals surface area (Å²) in [6.45, 7) is 1.27. The summed E-state index contributed by atoms with van der Waals surface area (Å²) in [5, 5.41) is 74.2. The summed E-state index contributed by atoms with van der Waals surface area (Å²) in [6, 6.07) is -11.7. The molecule has 0 aromatic carbocycles. The first-order chi connectivity index (χ1) is 39.6. The predicted molar refractivity (Wildman–Crippen MR) is 290 cm³/mol. The number of ether oxygens (including phenoxy) is 1. The van der Waals surface area contributed by atoms with Crippen molar-refractivity contribution in [2.24, 2.45) is 5.92 Å². The molecule has 1 heterocycles. The van der Waals surface area contributed by atoms with Gasteiger partial charge in [-0.25, -0.2) is 15.2 Å². The van der Waals surface area contributed by atoms with Gasteiger partial charge < -0.3 is 68.1 Å². The third-order valence-electron chi connectivity index (χ3n) is 12.5. The molecule has 84 heavy (non-hydrogen) atoms. The van der Waals surface area contributed by atoms with Crippen molar-refractivity contribution in [2.75, 3.05) is 59.1 Å². The minimum absolute atomic E-state index is 0.137. The molecule has 474 valence electrons. The molecule has 0 saturated carbocycles. The Morgan fingerprint density at radius 3 is 1.44 bits per heavy atom. The average molecular weight is 1200 g/mol. The van der Waals surface area contributed by atoms with Crippen LogP contribution in [0.2, 0.25) is 0 Å². The van der Waals surface area contributed by atoms with Gasteiger partial charge >= 0.3 is 5.97 Å². The van der Waals surface area contributed by atoms with Crippen LogP contribution in [-0.4, -0.2) is 225 Å². The highest BCUT2D eigenvalue weighted by Gasteiger charge is 2.34. The highest BCUT2D eigenvalue weighted by molar-refractivity contribution is 5.98. The zero-order valence-electron chi connectivity index (χ0n) is 48.3. The van der Waals surface area contributed by atoms with Gasteiger partial charge in [-0.3, -0.25) is 82.7 Å². The van der Waals surface area contributed by atoms with Gasteiger partial charge in [0.2, 0.25) is 76.8 Å². The molecule has 1 aliphatic rings. The Morgan fingerprint density at radius 1 is 0.536 bits per heavy atom. The van der Waals surface area contributed by atoms with E-state index in [1.54, 1.807) is 12.2 Å². The van der Waals surface area contributed by atoms with Crippen LogP contribution in [0.25, 0.3) is 0 Å². The van der Waals surface area contributed by atoms with Gasteiger partial charge in [0.25, 0.3) is 0 Å². The Balaban J connectivity index is 3.82. The van der Waals surface area contributed by atoms with Gasteiger partial charge in [0.15, 0.2) is 0 Å². The van der Waals surface area contributed by atoms with Crippen molar-refractivity contribution in [1.29, 1.82) is 0 Å². The van der Waals surface area contributed by atoms with Crippen molar-refractivity contribution in [3.63, 3.8) is 0 Å². The van der Waals surface area contributed by atoms with E-state index in [1.807, 2.05) is 0 Å². The van der Waals surface area contributed by atoms with Gasteiger partial charge in [0.05, 0.1) is 26.3 Å². The van der Waals surface area contributed by atoms with E-state index in [0.717, 1.165) is 46.5 Å². The first-order valence-electron chi connectivity index (χ1n) is 27.5. The molecule has 0 aromatic heterocycles. The molecular weight excluding hydrogens is 1110 g/mol. The Morgan fingerprint density at radius 2 is 0.952 bits per heavy atom. The molecule has 1 saturated heterocycles. The quantitative estimate of drug-likeness (QED) is 0.0150. The third kappa shape index (κ3) is 29.9. The summed E-state index contributed by atoms with van der Waals surface area (Å²) in [7, 11) is 0. The number of nitrogens with zero attached hydrogens (tertiary/aromatic N) is 3. The molecule has 13 amide bonds. The van der Waals surface area contributed by atoms with Crippen LogP contribution in [0.1, 0.15) is 119 Å². The number of nitrogens with one attached hydrogen (secondary N) is 10. The topological polar surface area (TPSA) is 479 Å². The lowest BCUT2D eigenvalue weighted by molar-refractivity contribution is -0.163. The molecule has 0 radical (unpaired) electrons. The van der Waals surface area contributed by atoms with Gasteiger partial charge in [0.1, 0.15) is 55.4 Å². The smallest absolute Gasteiger partial charge is 0.325 e. The summed E-state index contributed by atoms with van der Waals surface area (Å²) in [5.74, 6) is -14.8. The molecule has 1 fully saturated rings. The second kappa shape index (κ2) is 40.4. The Labute approximate surface area is 485 Å². The van der Waals surface area contributed by atoms with Crippen LogP contribution in [0.5, 0.6) is 0 Å². The van der Waals surface area contributed by atoms with Crippen LogP contribution in [0, 0.1) is 5.92 Å². The molecule has 0 aromatic rings. The van der Waals surface area contributed by atoms with Crippen LogP contribution in [0.4, 0.5) is 0 Å². The van der Waals surface area contributed by atoms with Crippen LogP contribution < -0.4 is 53.2 Å². The molecule has 1 aliphatic heterocycles. The number of hydroxylamine groups is 6. The van der Waals surface area contributed by atoms with Crippen LogP contribution in [0.15, 0.2) is 12.2 Å². The number of hydrogen-bond donors (Lipinski definition) is 15. The Hall–Kier alpha value is -7.88. The molecule has 7 atom stereocenters. The first-order valence-corrected chi connectivity index (χ1v) is 27.5. The van der Waals surface area contributed by atoms with Gasteiger partial charge in [-0.1, -0.05) is 52.2 Å². The minimum Gasteiger partial charge on any atom is -0.462 e. The summed E-state index contributed by atoms with van der Waals surface area (Å²) >= 11 is 0. The van der Waals surface area contributed by atoms with Crippen molar-refractivity contribution < 1.29 is 97.7 Å². The molecule has 0 aliphatic carbocycles. The highest BCUT2D eigenvalue weighted by Crippen LogP contribution is 2.08. The molecule has 15 N–H and O–H groups in total. The standard InChI is InChI=1S/C51H85N13O20/c1-7-8-9-10-11-12-13-20-40(70)56-39-29-84-43(73)26-54-45(74)34(17-14-21-62(81)31(4)67)55-41(71)24-53-47(76)37(27-65)59-48(77)36(19-16-23-64(83)33(6)69)58-49(78)38(28-66)60-51(80)44(30(2)3)61-42(72)25-52-46(75)35(57-50(39)79)18-15-22-63(82)32(5)68/h12-13,30,34-39,44,65-66,81-83H,7-11,14-29H2,1-6H3,(H,52,75)(H,53,76)(H,54,74)(H,55,71)(H,56,70)(H,57,79)(H,58,78)(H,59,77)(H,60,80)(H,61,72)/b13-12-/t34-,35+,36+,37-,38+,39-,44-/m1/s1. The summed E-state index contributed by atoms with van der Waals surface area (Å²) in [4.78, 5) is 184. The molecule has 33 heteroatoms. The number of amides is 13. The van der Waals surface area contributed by atoms with Gasteiger partial charge in [0, 0.05) is 46.8 Å². The number of carbonyl (C=O) groups is 14. The molecule has 0 bridgehead atoms. The second-order valence-corrected chi connectivity index (χ2v) is 19.9. The fourth-order valence-electron chi connectivity index (χ4n) is 7.61. The van der Waals surface area contributed by atoms with Gasteiger partial charge in [-0.15, -0.1) is 0 Å². The summed E-state index contributed by atoms with van der Waals surface area (Å²) < 4.78 is 5.28. The molecule has 1 rings (SSSR count). The van der Waals surface area contributed by atoms with Crippen molar-refractivity contribution in [1.82, 2.24) is 68.4 Å². The lowest BCUT2D eigenvalue weighted by atomic mass is 10.0. The van der Waals surface area contributed by atoms with E-state index in [0.29, 0.717) is 21.6 Å². The van der Waals surface area contributed by atoms with Gasteiger partial charge in [-0.2, -0.15) is 0 Å². The van der Waals surface area contributed by atoms with Crippen LogP contribution >= 0.6 is 0 Å². The Bertz CT molecular complexity index is 2290. The number of aliphatic hydroxyl groups excluding tert-OH is 2. The molecular formula is C51H85N13O20. The number of allylic oxidation sites excluding steroid dienone is 1. The second-order valence-electron chi connectivity index (χ2n) is 19.9. The summed E-state index contributed by atoms with van der Waals surface area (Å²) in [5.41, 5.74) is 0. The van der Waals surface area contributed by atoms with Crippen molar-refractivity contribution in [3.8, 4) is 0 Å². The zero-order chi connectivity index (χ0) is 63.5. The number of cyclic esters (lactones) is 1. The maximum Gasteiger partial charge on any atom is 0.325 e. The lowest BCUT2D eigenvalue weighted by Gasteiger charge is -2.27. The van der Waals surface area contributed by atoms with Gasteiger partial charge in [-0.05, 0) is 57.3 Å². The summed E-state index contributed by atoms with van der Waals surface area (Å²) in [6.07, 6.45) is 6.09. The fourth-order valence-corrected chi connectivity index (χ4v) is 7.61. The van der Waals surface area contributed by atoms with E-state index in [1.165, 1.54) is 13.8 Å². The maximum atomic E-state index is 14.0. The number of rotatable bonds is 23. The lowest BCUT2D eigenvalue weighted by Crippen LogP contribution is -2.60. The number of carbonyl (C=O) groups excluding carboxylic acids is 14. The molecule has 33 nitrogen and oxygen atoms in total. The predicted octanol–water partition coefficient (Wildman–Crippen LogP) is -5.10. The number of unbranched alkanes of at least 4 members (excludes halogenated alkanes) is 4. The van der Waals surface area contributed by atoms with E-state index in [-0.39, 0.29) is 64.6 Å². The monoisotopic (exact) mass is 1200 g/mol. The fraction of sp³-hybridized carbons (Fsp3) is 0.686. The Kier molecular flexibility index (Phi) is 35.6. The normalized spacial score (nSPS) is 21.8. The van der Waals surface area contributed by atoms with Crippen molar-refractivity contribution >= 4 is 82.8 Å². The third-order valence-corrected chi connectivity index (χ3v) is 12.5. The largest absolute Gasteiger partial charge is 0.462 e. The maximum absolute atomic E-state index is 14.0. The number of aliphatic hydroxyl groups is 2. The van der Waals surface area contributed by atoms with E-state index in [9.17, 15) is 93.0 Å². The van der Waals surface area contributed by atoms with Crippen molar-refractivity contribution in [3.05, 3.63) is 12.2 Å². The SMILES string of the molecule is CCCCCC/C=C\CC(=O)N[C@@H]1COC(=O)CNC(=O)[C@@H](CCCN(O)C(C)=O)NC(=O)CNC(=O)[C@@H](CO)NC(=O)[C@H](CCCN(O)C(C)=O)NC(=O)[C@H](CO)NC(=O)[C@@H](C(C)C)NC(=O)CNC(=O)[C@H](CCCN(O)C(C)=O)NC1=O. The van der Waals surface area contributed by atoms with Crippen molar-refractivity contribution in [2.45, 2.75) is 161 Å². The van der Waals surface area contributed by atoms with E-state index < -0.39 is 170 Å². The van der Waals surface area contributed by atoms with E-state index >= 15 is 0 Å². The highest BCUT2D eigenvalue weighted by atomic mass is 16.5. The zero-order valence-corrected chi connectivity index (χ0v) is 48.3. The molecule has 0 spiro atoms. The van der Waals surface area contributed by atoms with Crippen LogP contribution in [0.3, 0.4) is 0 Å². The minimum atomic E-state index is -1.84. The van der Waals surface area contributed by atoms with E-state index in [4.69, 9.17) is 4.74 Å². The molecule has 0 unspecified atom stereocenters. The average Bonchev–Trinajstić information content (AvgIpc) is 3.57. The number of esters is 1. The van der Waals surface area contributed by atoms with Crippen LogP contribution in [-0.2, 0) is 71.9 Å².